The number of ether oxygens (including phenoxy) is 1. The first-order valence-corrected chi connectivity index (χ1v) is 9.64. The molecule has 3 unspecified atom stereocenters. The van der Waals surface area contributed by atoms with Gasteiger partial charge in [0, 0.05) is 19.2 Å². The summed E-state index contributed by atoms with van der Waals surface area (Å²) in [7, 11) is 3.31. The Bertz CT molecular complexity index is 741. The van der Waals surface area contributed by atoms with E-state index >= 15 is 0 Å². The largest absolute Gasteiger partial charge is 0.469 e. The second-order valence-electron chi connectivity index (χ2n) is 8.82. The molecule has 142 valence electrons. The SMILES string of the molecule is COC(=O)C1(C)CCCC2(C)c3ccc(C(C)C)cc3N(C)C(=O)CC12. The van der Waals surface area contributed by atoms with E-state index in [9.17, 15) is 9.59 Å². The number of anilines is 1. The maximum absolute atomic E-state index is 13.0. The molecule has 3 rings (SSSR count). The van der Waals surface area contributed by atoms with Gasteiger partial charge in [0.15, 0.2) is 0 Å². The summed E-state index contributed by atoms with van der Waals surface area (Å²) < 4.78 is 5.16. The molecule has 0 N–H and O–H groups in total. The van der Waals surface area contributed by atoms with Gasteiger partial charge in [0.05, 0.1) is 12.5 Å². The molecule has 1 amide bonds. The van der Waals surface area contributed by atoms with E-state index < -0.39 is 5.41 Å². The topological polar surface area (TPSA) is 46.6 Å². The number of nitrogens with zero attached hydrogens (tertiary/aromatic N) is 1. The van der Waals surface area contributed by atoms with Gasteiger partial charge in [0.2, 0.25) is 5.91 Å². The first-order valence-electron chi connectivity index (χ1n) is 9.64. The van der Waals surface area contributed by atoms with Gasteiger partial charge in [-0.1, -0.05) is 39.3 Å². The van der Waals surface area contributed by atoms with Crippen molar-refractivity contribution in [3.05, 3.63) is 29.3 Å². The number of benzene rings is 1. The number of hydrogen-bond acceptors (Lipinski definition) is 3. The fraction of sp³-hybridized carbons (Fsp3) is 0.636. The molecule has 4 heteroatoms. The minimum atomic E-state index is -0.628. The number of rotatable bonds is 2. The van der Waals surface area contributed by atoms with Crippen molar-refractivity contribution in [1.29, 1.82) is 0 Å². The lowest BCUT2D eigenvalue weighted by molar-refractivity contribution is -0.161. The van der Waals surface area contributed by atoms with Gasteiger partial charge in [0.1, 0.15) is 0 Å². The molecule has 3 atom stereocenters. The third kappa shape index (κ3) is 2.65. The van der Waals surface area contributed by atoms with Crippen LogP contribution in [0, 0.1) is 11.3 Å². The standard InChI is InChI=1S/C22H31NO3/c1-14(2)15-8-9-16-17(12-15)23(5)19(24)13-18-21(16,3)10-7-11-22(18,4)20(25)26-6/h8-9,12,14,18H,7,10-11,13H2,1-6H3. The Hall–Kier alpha value is -1.84. The van der Waals surface area contributed by atoms with E-state index in [1.165, 1.54) is 18.2 Å². The normalized spacial score (nSPS) is 31.3. The fourth-order valence-corrected chi connectivity index (χ4v) is 5.24. The molecule has 0 saturated heterocycles. The number of methoxy groups -OCH3 is 1. The van der Waals surface area contributed by atoms with E-state index in [2.05, 4.69) is 39.0 Å². The van der Waals surface area contributed by atoms with Crippen molar-refractivity contribution in [1.82, 2.24) is 0 Å². The van der Waals surface area contributed by atoms with Gasteiger partial charge in [0.25, 0.3) is 0 Å². The highest BCUT2D eigenvalue weighted by Crippen LogP contribution is 2.57. The van der Waals surface area contributed by atoms with Crippen LogP contribution in [0.3, 0.4) is 0 Å². The van der Waals surface area contributed by atoms with Crippen molar-refractivity contribution in [2.45, 2.75) is 64.7 Å². The van der Waals surface area contributed by atoms with E-state index in [1.807, 2.05) is 14.0 Å². The molecular weight excluding hydrogens is 326 g/mol. The summed E-state index contributed by atoms with van der Waals surface area (Å²) in [4.78, 5) is 27.5. The molecule has 1 aromatic carbocycles. The van der Waals surface area contributed by atoms with Gasteiger partial charge in [-0.3, -0.25) is 9.59 Å². The lowest BCUT2D eigenvalue weighted by Crippen LogP contribution is -2.51. The Morgan fingerprint density at radius 2 is 1.96 bits per heavy atom. The van der Waals surface area contributed by atoms with Crippen molar-refractivity contribution in [3.8, 4) is 0 Å². The second kappa shape index (κ2) is 6.40. The number of fused-ring (bicyclic) bond motifs is 3. The maximum atomic E-state index is 13.0. The fourth-order valence-electron chi connectivity index (χ4n) is 5.24. The van der Waals surface area contributed by atoms with Gasteiger partial charge < -0.3 is 9.64 Å². The predicted octanol–water partition coefficient (Wildman–Crippen LogP) is 4.41. The molecule has 2 aliphatic rings. The summed E-state index contributed by atoms with van der Waals surface area (Å²) >= 11 is 0. The van der Waals surface area contributed by atoms with Gasteiger partial charge in [-0.25, -0.2) is 0 Å². The molecule has 4 nitrogen and oxygen atoms in total. The first kappa shape index (κ1) is 18.9. The van der Waals surface area contributed by atoms with Crippen molar-refractivity contribution in [2.75, 3.05) is 19.1 Å². The molecule has 1 saturated carbocycles. The minimum absolute atomic E-state index is 0.0581. The molecular formula is C22H31NO3. The number of carbonyl (C=O) groups is 2. The average molecular weight is 357 g/mol. The molecule has 0 radical (unpaired) electrons. The summed E-state index contributed by atoms with van der Waals surface area (Å²) in [5.74, 6) is 0.240. The number of carbonyl (C=O) groups excluding carboxylic acids is 2. The predicted molar refractivity (Wildman–Crippen MR) is 103 cm³/mol. The highest BCUT2D eigenvalue weighted by Gasteiger charge is 2.56. The Labute approximate surface area is 156 Å². The average Bonchev–Trinajstić information content (AvgIpc) is 2.70. The molecule has 26 heavy (non-hydrogen) atoms. The van der Waals surface area contributed by atoms with Gasteiger partial charge in [-0.15, -0.1) is 0 Å². The van der Waals surface area contributed by atoms with E-state index in [0.29, 0.717) is 12.3 Å². The van der Waals surface area contributed by atoms with Crippen LogP contribution >= 0.6 is 0 Å². The van der Waals surface area contributed by atoms with Gasteiger partial charge in [-0.05, 0) is 54.2 Å². The van der Waals surface area contributed by atoms with Gasteiger partial charge in [-0.2, -0.15) is 0 Å². The molecule has 1 fully saturated rings. The van der Waals surface area contributed by atoms with Crippen molar-refractivity contribution in [3.63, 3.8) is 0 Å². The van der Waals surface area contributed by atoms with Crippen LogP contribution in [0.2, 0.25) is 0 Å². The Kier molecular flexibility index (Phi) is 4.66. The number of amides is 1. The van der Waals surface area contributed by atoms with Crippen LogP contribution in [-0.2, 0) is 19.7 Å². The zero-order valence-electron chi connectivity index (χ0n) is 16.9. The van der Waals surface area contributed by atoms with E-state index in [-0.39, 0.29) is 23.2 Å². The van der Waals surface area contributed by atoms with Crippen LogP contribution in [0.1, 0.15) is 70.4 Å². The summed E-state index contributed by atoms with van der Waals surface area (Å²) in [5.41, 5.74) is 2.58. The molecule has 0 aromatic heterocycles. The maximum Gasteiger partial charge on any atom is 0.311 e. The molecule has 1 aliphatic carbocycles. The van der Waals surface area contributed by atoms with Crippen molar-refractivity contribution >= 4 is 17.6 Å². The zero-order valence-corrected chi connectivity index (χ0v) is 16.9. The zero-order chi connectivity index (χ0) is 19.3. The van der Waals surface area contributed by atoms with E-state index in [0.717, 1.165) is 24.9 Å². The third-order valence-corrected chi connectivity index (χ3v) is 7.00. The molecule has 0 bridgehead atoms. The molecule has 1 heterocycles. The molecule has 0 spiro atoms. The lowest BCUT2D eigenvalue weighted by atomic mass is 9.53. The van der Waals surface area contributed by atoms with Crippen LogP contribution in [0.15, 0.2) is 18.2 Å². The second-order valence-corrected chi connectivity index (χ2v) is 8.82. The summed E-state index contributed by atoms with van der Waals surface area (Å²) in [6.45, 7) is 8.55. The van der Waals surface area contributed by atoms with Crippen LogP contribution in [-0.4, -0.2) is 26.0 Å². The number of esters is 1. The van der Waals surface area contributed by atoms with Crippen molar-refractivity contribution in [2.24, 2.45) is 11.3 Å². The summed E-state index contributed by atoms with van der Waals surface area (Å²) in [6.07, 6.45) is 3.10. The summed E-state index contributed by atoms with van der Waals surface area (Å²) in [6, 6.07) is 6.53. The summed E-state index contributed by atoms with van der Waals surface area (Å²) in [5, 5.41) is 0. The van der Waals surface area contributed by atoms with Gasteiger partial charge >= 0.3 is 5.97 Å². The Morgan fingerprint density at radius 3 is 2.58 bits per heavy atom. The van der Waals surface area contributed by atoms with Crippen LogP contribution < -0.4 is 4.90 Å². The van der Waals surface area contributed by atoms with Crippen LogP contribution in [0.4, 0.5) is 5.69 Å². The number of hydrogen-bond donors (Lipinski definition) is 0. The van der Waals surface area contributed by atoms with E-state index in [4.69, 9.17) is 4.74 Å². The quantitative estimate of drug-likeness (QED) is 0.736. The van der Waals surface area contributed by atoms with Crippen molar-refractivity contribution < 1.29 is 14.3 Å². The highest BCUT2D eigenvalue weighted by molar-refractivity contribution is 5.96. The Balaban J connectivity index is 2.21. The smallest absolute Gasteiger partial charge is 0.311 e. The van der Waals surface area contributed by atoms with Crippen LogP contribution in [0.5, 0.6) is 0 Å². The lowest BCUT2D eigenvalue weighted by Gasteiger charge is -2.50. The highest BCUT2D eigenvalue weighted by atomic mass is 16.5. The van der Waals surface area contributed by atoms with E-state index in [1.54, 1.807) is 4.90 Å². The molecule has 1 aliphatic heterocycles. The third-order valence-electron chi connectivity index (χ3n) is 7.00. The molecule has 1 aromatic rings. The monoisotopic (exact) mass is 357 g/mol. The minimum Gasteiger partial charge on any atom is -0.469 e. The Morgan fingerprint density at radius 1 is 1.27 bits per heavy atom. The van der Waals surface area contributed by atoms with Crippen LogP contribution in [0.25, 0.3) is 0 Å². The first-order chi connectivity index (χ1) is 12.1.